The van der Waals surface area contributed by atoms with Gasteiger partial charge in [-0.2, -0.15) is 0 Å². The Balaban J connectivity index is 1.11. The minimum Gasteiger partial charge on any atom is -0.481 e. The van der Waals surface area contributed by atoms with Gasteiger partial charge in [-0.1, -0.05) is 77.8 Å². The number of rotatable bonds is 12. The lowest BCUT2D eigenvalue weighted by molar-refractivity contribution is -0.120. The average molecular weight is 711 g/mol. The Labute approximate surface area is 302 Å². The number of nitrogens with one attached hydrogen (secondary N) is 3. The van der Waals surface area contributed by atoms with E-state index in [1.807, 2.05) is 42.5 Å². The summed E-state index contributed by atoms with van der Waals surface area (Å²) in [5.41, 5.74) is 8.48. The van der Waals surface area contributed by atoms with Gasteiger partial charge in [-0.3, -0.25) is 9.59 Å². The maximum Gasteiger partial charge on any atom is 0.220 e. The highest BCUT2D eigenvalue weighted by molar-refractivity contribution is 6.39. The molecule has 8 nitrogen and oxygen atoms in total. The summed E-state index contributed by atoms with van der Waals surface area (Å²) in [7, 11) is 3.70. The number of carbonyl (C=O) groups is 2. The van der Waals surface area contributed by atoms with Crippen molar-refractivity contribution in [2.24, 2.45) is 7.05 Å². The van der Waals surface area contributed by atoms with Gasteiger partial charge in [0.15, 0.2) is 0 Å². The Morgan fingerprint density at radius 3 is 2.24 bits per heavy atom. The van der Waals surface area contributed by atoms with E-state index < -0.39 is 0 Å². The van der Waals surface area contributed by atoms with Crippen LogP contribution in [0.2, 0.25) is 10.0 Å². The normalized spacial score (nSPS) is 17.4. The predicted octanol–water partition coefficient (Wildman–Crippen LogP) is 7.86. The number of benzene rings is 3. The molecule has 0 unspecified atom stereocenters. The van der Waals surface area contributed by atoms with Crippen LogP contribution < -0.4 is 20.7 Å². The first-order valence-corrected chi connectivity index (χ1v) is 18.0. The highest BCUT2D eigenvalue weighted by Crippen LogP contribution is 2.43. The van der Waals surface area contributed by atoms with E-state index >= 15 is 0 Å². The smallest absolute Gasteiger partial charge is 0.220 e. The van der Waals surface area contributed by atoms with Crippen LogP contribution in [-0.4, -0.2) is 47.1 Å². The highest BCUT2D eigenvalue weighted by atomic mass is 35.5. The minimum absolute atomic E-state index is 0.135. The van der Waals surface area contributed by atoms with Crippen molar-refractivity contribution < 1.29 is 14.3 Å². The van der Waals surface area contributed by atoms with Gasteiger partial charge in [0.2, 0.25) is 17.7 Å². The van der Waals surface area contributed by atoms with Gasteiger partial charge in [0.25, 0.3) is 0 Å². The van der Waals surface area contributed by atoms with Crippen LogP contribution in [0.25, 0.3) is 44.4 Å². The van der Waals surface area contributed by atoms with Crippen LogP contribution in [-0.2, 0) is 29.6 Å². The summed E-state index contributed by atoms with van der Waals surface area (Å²) < 4.78 is 7.85. The number of methoxy groups -OCH3 is 1. The van der Waals surface area contributed by atoms with Gasteiger partial charge < -0.3 is 25.3 Å². The molecule has 5 aromatic rings. The van der Waals surface area contributed by atoms with E-state index in [2.05, 4.69) is 58.0 Å². The van der Waals surface area contributed by atoms with Crippen molar-refractivity contribution in [3.63, 3.8) is 0 Å². The molecule has 2 saturated heterocycles. The zero-order valence-corrected chi connectivity index (χ0v) is 29.8. The molecule has 3 aromatic carbocycles. The molecular weight excluding hydrogens is 669 g/mol. The molecular formula is C40H41Cl2N5O3. The third-order valence-corrected chi connectivity index (χ3v) is 10.8. The van der Waals surface area contributed by atoms with Crippen molar-refractivity contribution in [2.75, 3.05) is 13.7 Å². The molecule has 7 rings (SSSR count). The Bertz CT molecular complexity index is 2080. The average Bonchev–Trinajstić information content (AvgIpc) is 3.83. The SMILES string of the molecule is COc1nc(-c2cccc(-c3cccc(-c4ccc5c(CNC[C@H]6CCC(=O)N6)cn(C)c5c4)c3Cl)c2Cl)ccc1CCC[C@H]1CCC(=O)N1. The number of aromatic nitrogens is 2. The third kappa shape index (κ3) is 7.11. The van der Waals surface area contributed by atoms with E-state index in [9.17, 15) is 9.59 Å². The van der Waals surface area contributed by atoms with Gasteiger partial charge in [-0.25, -0.2) is 4.98 Å². The number of nitrogens with zero attached hydrogens (tertiary/aromatic N) is 2. The lowest BCUT2D eigenvalue weighted by Crippen LogP contribution is -2.35. The Morgan fingerprint density at radius 2 is 1.54 bits per heavy atom. The molecule has 0 saturated carbocycles. The van der Waals surface area contributed by atoms with Crippen molar-refractivity contribution in [1.82, 2.24) is 25.5 Å². The molecule has 50 heavy (non-hydrogen) atoms. The van der Waals surface area contributed by atoms with Gasteiger partial charge in [0, 0.05) is 90.0 Å². The van der Waals surface area contributed by atoms with Gasteiger partial charge in [-0.05, 0) is 55.4 Å². The highest BCUT2D eigenvalue weighted by Gasteiger charge is 2.22. The number of hydrogen-bond acceptors (Lipinski definition) is 5. The second-order valence-electron chi connectivity index (χ2n) is 13.3. The lowest BCUT2D eigenvalue weighted by Gasteiger charge is -2.15. The van der Waals surface area contributed by atoms with Crippen molar-refractivity contribution in [3.8, 4) is 39.4 Å². The molecule has 0 radical (unpaired) electrons. The second-order valence-corrected chi connectivity index (χ2v) is 14.1. The summed E-state index contributed by atoms with van der Waals surface area (Å²) in [6, 6.07) is 22.9. The van der Waals surface area contributed by atoms with Crippen molar-refractivity contribution in [3.05, 3.63) is 94.1 Å². The molecule has 2 aromatic heterocycles. The predicted molar refractivity (Wildman–Crippen MR) is 201 cm³/mol. The number of ether oxygens (including phenoxy) is 1. The van der Waals surface area contributed by atoms with E-state index in [-0.39, 0.29) is 23.9 Å². The lowest BCUT2D eigenvalue weighted by atomic mass is 9.96. The zero-order valence-electron chi connectivity index (χ0n) is 28.3. The zero-order chi connectivity index (χ0) is 34.8. The maximum atomic E-state index is 11.6. The van der Waals surface area contributed by atoms with E-state index in [0.717, 1.165) is 89.8 Å². The van der Waals surface area contributed by atoms with Crippen molar-refractivity contribution in [1.29, 1.82) is 0 Å². The summed E-state index contributed by atoms with van der Waals surface area (Å²) in [4.78, 5) is 28.0. The molecule has 258 valence electrons. The van der Waals surface area contributed by atoms with Gasteiger partial charge in [-0.15, -0.1) is 0 Å². The van der Waals surface area contributed by atoms with E-state index in [0.29, 0.717) is 28.8 Å². The summed E-state index contributed by atoms with van der Waals surface area (Å²) in [6.07, 6.45) is 7.85. The van der Waals surface area contributed by atoms with Crippen molar-refractivity contribution >= 4 is 45.9 Å². The van der Waals surface area contributed by atoms with Crippen LogP contribution in [0.3, 0.4) is 0 Å². The standard InChI is InChI=1S/C40H41Cl2N5O3/c1-47-23-26(21-43-22-28-15-19-37(49)45-28)29-16-12-25(20-35(29)47)30-8-4-9-31(38(30)41)32-10-5-11-33(39(32)42)34-17-13-24(40(46-34)50-2)6-3-7-27-14-18-36(48)44-27/h4-5,8-13,16-17,20,23,27-28,43H,3,6-7,14-15,18-19,21-22H2,1-2H3,(H,44,48)(H,45,49)/t27-,28+/m0/s1. The number of hydrogen-bond donors (Lipinski definition) is 3. The fraction of sp³-hybridized carbons (Fsp3) is 0.325. The third-order valence-electron chi connectivity index (χ3n) is 9.95. The first-order valence-electron chi connectivity index (χ1n) is 17.3. The molecule has 3 N–H and O–H groups in total. The van der Waals surface area contributed by atoms with Gasteiger partial charge >= 0.3 is 0 Å². The van der Waals surface area contributed by atoms with Crippen LogP contribution in [0, 0.1) is 0 Å². The van der Waals surface area contributed by atoms with Crippen LogP contribution in [0.5, 0.6) is 5.88 Å². The molecule has 0 aliphatic carbocycles. The number of fused-ring (bicyclic) bond motifs is 1. The topological polar surface area (TPSA) is 97.3 Å². The molecule has 2 aliphatic heterocycles. The molecule has 4 heterocycles. The number of pyridine rings is 1. The largest absolute Gasteiger partial charge is 0.481 e. The minimum atomic E-state index is 0.135. The number of aryl methyl sites for hydroxylation is 2. The quantitative estimate of drug-likeness (QED) is 0.123. The Morgan fingerprint density at radius 1 is 0.860 bits per heavy atom. The first kappa shape index (κ1) is 34.1. The van der Waals surface area contributed by atoms with Crippen LogP contribution >= 0.6 is 23.2 Å². The van der Waals surface area contributed by atoms with E-state index in [1.165, 1.54) is 10.9 Å². The first-order chi connectivity index (χ1) is 24.3. The second kappa shape index (κ2) is 14.9. The number of amides is 2. The van der Waals surface area contributed by atoms with Crippen molar-refractivity contribution in [2.45, 2.75) is 63.6 Å². The summed E-state index contributed by atoms with van der Waals surface area (Å²) in [5, 5.41) is 12.0. The number of carbonyl (C=O) groups excluding carboxylic acids is 2. The molecule has 0 bridgehead atoms. The Hall–Kier alpha value is -4.37. The Kier molecular flexibility index (Phi) is 10.1. The molecule has 2 amide bonds. The maximum absolute atomic E-state index is 11.6. The number of halogens is 2. The van der Waals surface area contributed by atoms with Crippen LogP contribution in [0.15, 0.2) is 72.9 Å². The summed E-state index contributed by atoms with van der Waals surface area (Å²) >= 11 is 14.3. The van der Waals surface area contributed by atoms with E-state index in [1.54, 1.807) is 7.11 Å². The van der Waals surface area contributed by atoms with Gasteiger partial charge in [0.1, 0.15) is 0 Å². The fourth-order valence-electron chi connectivity index (χ4n) is 7.31. The van der Waals surface area contributed by atoms with E-state index in [4.69, 9.17) is 32.9 Å². The molecule has 2 fully saturated rings. The van der Waals surface area contributed by atoms with Crippen LogP contribution in [0.1, 0.15) is 49.7 Å². The monoisotopic (exact) mass is 709 g/mol. The van der Waals surface area contributed by atoms with Gasteiger partial charge in [0.05, 0.1) is 22.8 Å². The molecule has 0 spiro atoms. The molecule has 2 atom stereocenters. The molecule has 2 aliphatic rings. The van der Waals surface area contributed by atoms with Crippen LogP contribution in [0.4, 0.5) is 0 Å². The summed E-state index contributed by atoms with van der Waals surface area (Å²) in [6.45, 7) is 1.48. The summed E-state index contributed by atoms with van der Waals surface area (Å²) in [5.74, 6) is 0.860. The molecule has 10 heteroatoms. The fourth-order valence-corrected chi connectivity index (χ4v) is 7.97.